The Labute approximate surface area is 75.6 Å². The summed E-state index contributed by atoms with van der Waals surface area (Å²) in [5, 5.41) is 4.83. The molecule has 1 radical (unpaired) electrons. The molecule has 1 atom stereocenters. The predicted molar refractivity (Wildman–Crippen MR) is 44.3 cm³/mol. The van der Waals surface area contributed by atoms with E-state index >= 15 is 0 Å². The Bertz CT molecular complexity index is 255. The van der Waals surface area contributed by atoms with Crippen LogP contribution in [0.3, 0.4) is 0 Å². The van der Waals surface area contributed by atoms with Crippen LogP contribution in [0.2, 0.25) is 5.02 Å². The van der Waals surface area contributed by atoms with Gasteiger partial charge in [0, 0.05) is 19.2 Å². The number of nitrogens with zero attached hydrogens (tertiary/aromatic N) is 1. The molecule has 0 spiro atoms. The van der Waals surface area contributed by atoms with Crippen molar-refractivity contribution in [3.8, 4) is 0 Å². The Hall–Kier alpha value is -0.510. The third kappa shape index (κ3) is 1.63. The van der Waals surface area contributed by atoms with Crippen LogP contribution in [0.25, 0.3) is 0 Å². The normalized spacial score (nSPS) is 24.2. The first-order valence-electron chi connectivity index (χ1n) is 3.85. The van der Waals surface area contributed by atoms with E-state index in [-0.39, 0.29) is 6.10 Å². The van der Waals surface area contributed by atoms with Gasteiger partial charge in [-0.15, -0.1) is 0 Å². The van der Waals surface area contributed by atoms with Gasteiger partial charge in [-0.25, -0.2) is 5.32 Å². The maximum atomic E-state index is 5.70. The van der Waals surface area contributed by atoms with Crippen molar-refractivity contribution in [3.63, 3.8) is 0 Å². The van der Waals surface area contributed by atoms with Crippen molar-refractivity contribution in [1.29, 1.82) is 0 Å². The largest absolute Gasteiger partial charge is 0.465 e. The highest BCUT2D eigenvalue weighted by atomic mass is 35.5. The van der Waals surface area contributed by atoms with Gasteiger partial charge < -0.3 is 9.15 Å². The van der Waals surface area contributed by atoms with Gasteiger partial charge in [0.05, 0.1) is 11.6 Å². The summed E-state index contributed by atoms with van der Waals surface area (Å²) in [6.07, 6.45) is 1.47. The van der Waals surface area contributed by atoms with Gasteiger partial charge in [0.25, 0.3) is 0 Å². The Morgan fingerprint density at radius 1 is 1.58 bits per heavy atom. The molecule has 1 aromatic heterocycles. The van der Waals surface area contributed by atoms with E-state index in [9.17, 15) is 0 Å². The minimum atomic E-state index is -0.0359. The molecule has 0 saturated carbocycles. The summed E-state index contributed by atoms with van der Waals surface area (Å²) < 4.78 is 10.6. The molecule has 0 bridgehead atoms. The van der Waals surface area contributed by atoms with Gasteiger partial charge in [-0.2, -0.15) is 0 Å². The number of furan rings is 1. The van der Waals surface area contributed by atoms with Crippen LogP contribution in [0.15, 0.2) is 16.7 Å². The molecule has 3 nitrogen and oxygen atoms in total. The zero-order valence-corrected chi connectivity index (χ0v) is 7.25. The summed E-state index contributed by atoms with van der Waals surface area (Å²) in [4.78, 5) is 0. The zero-order valence-electron chi connectivity index (χ0n) is 6.50. The number of rotatable bonds is 1. The van der Waals surface area contributed by atoms with E-state index in [1.807, 2.05) is 0 Å². The van der Waals surface area contributed by atoms with Crippen molar-refractivity contribution >= 4 is 11.6 Å². The zero-order chi connectivity index (χ0) is 8.39. The molecule has 1 saturated heterocycles. The average Bonchev–Trinajstić information content (AvgIpc) is 2.54. The lowest BCUT2D eigenvalue weighted by atomic mass is 10.2. The smallest absolute Gasteiger partial charge is 0.135 e. The molecule has 0 amide bonds. The fourth-order valence-corrected chi connectivity index (χ4v) is 1.34. The van der Waals surface area contributed by atoms with E-state index < -0.39 is 0 Å². The molecule has 1 fully saturated rings. The molecule has 65 valence electrons. The minimum Gasteiger partial charge on any atom is -0.465 e. The quantitative estimate of drug-likeness (QED) is 0.668. The van der Waals surface area contributed by atoms with Crippen LogP contribution >= 0.6 is 11.6 Å². The summed E-state index contributed by atoms with van der Waals surface area (Å²) in [6.45, 7) is 2.12. The van der Waals surface area contributed by atoms with Crippen molar-refractivity contribution < 1.29 is 9.15 Å². The summed E-state index contributed by atoms with van der Waals surface area (Å²) in [7, 11) is 0. The highest BCUT2D eigenvalue weighted by molar-refractivity contribution is 6.30. The third-order valence-corrected chi connectivity index (χ3v) is 1.97. The number of hydrogen-bond donors (Lipinski definition) is 0. The van der Waals surface area contributed by atoms with E-state index in [0.717, 1.165) is 12.3 Å². The molecule has 1 aliphatic heterocycles. The topological polar surface area (TPSA) is 36.5 Å². The van der Waals surface area contributed by atoms with E-state index in [4.69, 9.17) is 20.8 Å². The second kappa shape index (κ2) is 3.47. The van der Waals surface area contributed by atoms with Gasteiger partial charge in [-0.3, -0.25) is 0 Å². The summed E-state index contributed by atoms with van der Waals surface area (Å²) in [5.41, 5.74) is 0. The van der Waals surface area contributed by atoms with Crippen LogP contribution in [-0.2, 0) is 4.74 Å². The van der Waals surface area contributed by atoms with Gasteiger partial charge in [-0.05, 0) is 0 Å². The van der Waals surface area contributed by atoms with Gasteiger partial charge in [0.1, 0.15) is 18.1 Å². The first-order valence-corrected chi connectivity index (χ1v) is 4.23. The second-order valence-corrected chi connectivity index (χ2v) is 3.09. The lowest BCUT2D eigenvalue weighted by Gasteiger charge is -2.20. The number of morpholine rings is 1. The summed E-state index contributed by atoms with van der Waals surface area (Å²) in [6, 6.07) is 1.77. The number of halogens is 1. The number of hydrogen-bond acceptors (Lipinski definition) is 2. The molecule has 0 N–H and O–H groups in total. The van der Waals surface area contributed by atoms with Gasteiger partial charge in [-0.1, -0.05) is 11.6 Å². The van der Waals surface area contributed by atoms with Gasteiger partial charge in [0.15, 0.2) is 0 Å². The van der Waals surface area contributed by atoms with E-state index in [1.54, 1.807) is 6.07 Å². The molecule has 2 rings (SSSR count). The van der Waals surface area contributed by atoms with Crippen LogP contribution in [0.1, 0.15) is 11.9 Å². The Morgan fingerprint density at radius 3 is 3.08 bits per heavy atom. The van der Waals surface area contributed by atoms with Crippen LogP contribution in [0.4, 0.5) is 0 Å². The first-order chi connectivity index (χ1) is 5.86. The third-order valence-electron chi connectivity index (χ3n) is 1.77. The number of ether oxygens (including phenoxy) is 1. The average molecular weight is 187 g/mol. The van der Waals surface area contributed by atoms with Crippen molar-refractivity contribution in [1.82, 2.24) is 5.32 Å². The Morgan fingerprint density at radius 2 is 2.50 bits per heavy atom. The van der Waals surface area contributed by atoms with Crippen molar-refractivity contribution in [3.05, 3.63) is 23.1 Å². The van der Waals surface area contributed by atoms with Crippen LogP contribution in [0.5, 0.6) is 0 Å². The van der Waals surface area contributed by atoms with Crippen LogP contribution in [0, 0.1) is 0 Å². The fraction of sp³-hybridized carbons (Fsp3) is 0.500. The highest BCUT2D eigenvalue weighted by Gasteiger charge is 2.19. The summed E-state index contributed by atoms with van der Waals surface area (Å²) >= 11 is 5.70. The van der Waals surface area contributed by atoms with Crippen LogP contribution in [-0.4, -0.2) is 19.7 Å². The molecule has 1 aliphatic rings. The molecule has 0 aromatic carbocycles. The molecule has 1 aromatic rings. The molecule has 12 heavy (non-hydrogen) atoms. The first kappa shape index (κ1) is 8.10. The van der Waals surface area contributed by atoms with Crippen LogP contribution < -0.4 is 5.32 Å². The Balaban J connectivity index is 2.08. The lowest BCUT2D eigenvalue weighted by molar-refractivity contribution is 0.0127. The maximum absolute atomic E-state index is 5.70. The molecule has 1 unspecified atom stereocenters. The van der Waals surface area contributed by atoms with E-state index in [2.05, 4.69) is 5.32 Å². The molecule has 2 heterocycles. The van der Waals surface area contributed by atoms with Gasteiger partial charge >= 0.3 is 0 Å². The van der Waals surface area contributed by atoms with Crippen molar-refractivity contribution in [2.75, 3.05) is 19.7 Å². The van der Waals surface area contributed by atoms with Gasteiger partial charge in [0.2, 0.25) is 0 Å². The fourth-order valence-electron chi connectivity index (χ4n) is 1.19. The molecule has 0 aliphatic carbocycles. The van der Waals surface area contributed by atoms with Crippen molar-refractivity contribution in [2.45, 2.75) is 6.10 Å². The highest BCUT2D eigenvalue weighted by Crippen LogP contribution is 2.23. The van der Waals surface area contributed by atoms with E-state index in [0.29, 0.717) is 18.2 Å². The molecular weight excluding hydrogens is 178 g/mol. The predicted octanol–water partition coefficient (Wildman–Crippen LogP) is 1.61. The monoisotopic (exact) mass is 186 g/mol. The summed E-state index contributed by atoms with van der Waals surface area (Å²) in [5.74, 6) is 0.767. The maximum Gasteiger partial charge on any atom is 0.135 e. The molecule has 4 heteroatoms. The SMILES string of the molecule is Clc1coc(C2C[N]CCO2)c1. The molecular formula is C8H9ClNO2. The standard InChI is InChI=1S/C8H9ClNO2/c9-6-3-7(12-5-6)8-4-10-1-2-11-8/h3,5,8H,1-2,4H2. The van der Waals surface area contributed by atoms with Crippen molar-refractivity contribution in [2.24, 2.45) is 0 Å². The van der Waals surface area contributed by atoms with E-state index in [1.165, 1.54) is 6.26 Å². The lowest BCUT2D eigenvalue weighted by Crippen LogP contribution is -2.27. The Kier molecular flexibility index (Phi) is 2.35. The second-order valence-electron chi connectivity index (χ2n) is 2.66. The minimum absolute atomic E-state index is 0.0359.